The summed E-state index contributed by atoms with van der Waals surface area (Å²) in [6.07, 6.45) is 10.5. The standard InChI is InChI=1S/C29H41N3O3/c1-18-12-22(13-19(2)17-29(3,4)16-18)31-20-8-7-9-21(31)15-23(14-20)32-25-11-6-5-10-24(25)30-26(27(32)33)28(34)35/h5-6,10-11,18-23H,7-9,12-17H2,1-4H3,(H,34,35)/t18-,19+,20-,21+,22+,23+. The Bertz CT molecular complexity index is 1130. The molecule has 2 aliphatic heterocycles. The summed E-state index contributed by atoms with van der Waals surface area (Å²) < 4.78 is 1.78. The number of carboxylic acids is 1. The van der Waals surface area contributed by atoms with Gasteiger partial charge in [-0.25, -0.2) is 9.78 Å². The summed E-state index contributed by atoms with van der Waals surface area (Å²) >= 11 is 0. The molecule has 1 N–H and O–H groups in total. The second-order valence-corrected chi connectivity index (χ2v) is 12.6. The van der Waals surface area contributed by atoms with E-state index < -0.39 is 11.5 Å². The van der Waals surface area contributed by atoms with Gasteiger partial charge < -0.3 is 9.67 Å². The van der Waals surface area contributed by atoms with E-state index in [1.54, 1.807) is 4.57 Å². The van der Waals surface area contributed by atoms with Gasteiger partial charge in [0, 0.05) is 24.2 Å². The van der Waals surface area contributed by atoms with Gasteiger partial charge in [0.15, 0.2) is 0 Å². The highest BCUT2D eigenvalue weighted by molar-refractivity contribution is 5.88. The lowest BCUT2D eigenvalue weighted by Gasteiger charge is -2.54. The molecule has 1 saturated carbocycles. The zero-order chi connectivity index (χ0) is 24.9. The molecule has 3 aliphatic rings. The number of para-hydroxylation sites is 2. The number of carbonyl (C=O) groups is 1. The molecule has 2 bridgehead atoms. The summed E-state index contributed by atoms with van der Waals surface area (Å²) in [5.74, 6) is 0.184. The van der Waals surface area contributed by atoms with Crippen molar-refractivity contribution >= 4 is 17.0 Å². The van der Waals surface area contributed by atoms with Crippen molar-refractivity contribution in [2.75, 3.05) is 0 Å². The first kappa shape index (κ1) is 24.5. The van der Waals surface area contributed by atoms with Crippen molar-refractivity contribution < 1.29 is 9.90 Å². The van der Waals surface area contributed by atoms with Crippen LogP contribution in [0.4, 0.5) is 0 Å². The summed E-state index contributed by atoms with van der Waals surface area (Å²) in [6, 6.07) is 9.02. The monoisotopic (exact) mass is 479 g/mol. The number of benzene rings is 1. The lowest BCUT2D eigenvalue weighted by Crippen LogP contribution is -2.58. The summed E-state index contributed by atoms with van der Waals surface area (Å²) in [5.41, 5.74) is 0.944. The largest absolute Gasteiger partial charge is 0.476 e. The lowest BCUT2D eigenvalue weighted by atomic mass is 9.70. The first-order valence-electron chi connectivity index (χ1n) is 13.6. The van der Waals surface area contributed by atoms with Gasteiger partial charge >= 0.3 is 5.97 Å². The maximum atomic E-state index is 13.4. The molecule has 1 aliphatic carbocycles. The van der Waals surface area contributed by atoms with Crippen LogP contribution < -0.4 is 5.56 Å². The summed E-state index contributed by atoms with van der Waals surface area (Å²) in [6.45, 7) is 9.73. The number of nitrogens with zero attached hydrogens (tertiary/aromatic N) is 3. The van der Waals surface area contributed by atoms with Gasteiger partial charge in [-0.2, -0.15) is 0 Å². The molecule has 5 rings (SSSR count). The van der Waals surface area contributed by atoms with Gasteiger partial charge in [-0.3, -0.25) is 9.69 Å². The van der Waals surface area contributed by atoms with Gasteiger partial charge in [0.1, 0.15) is 0 Å². The van der Waals surface area contributed by atoms with Gasteiger partial charge in [-0.15, -0.1) is 0 Å². The third-order valence-corrected chi connectivity index (χ3v) is 8.94. The molecule has 6 atom stereocenters. The Morgan fingerprint density at radius 1 is 0.943 bits per heavy atom. The molecule has 2 saturated heterocycles. The molecule has 6 nitrogen and oxygen atoms in total. The molecule has 1 aromatic carbocycles. The minimum absolute atomic E-state index is 0.0161. The van der Waals surface area contributed by atoms with Crippen LogP contribution in [-0.2, 0) is 0 Å². The van der Waals surface area contributed by atoms with E-state index >= 15 is 0 Å². The maximum absolute atomic E-state index is 13.4. The highest BCUT2D eigenvalue weighted by Gasteiger charge is 2.44. The van der Waals surface area contributed by atoms with Crippen LogP contribution in [0.5, 0.6) is 0 Å². The minimum atomic E-state index is -1.24. The second-order valence-electron chi connectivity index (χ2n) is 12.6. The highest BCUT2D eigenvalue weighted by Crippen LogP contribution is 2.45. The third-order valence-electron chi connectivity index (χ3n) is 8.94. The number of piperidine rings is 2. The minimum Gasteiger partial charge on any atom is -0.476 e. The number of fused-ring (bicyclic) bond motifs is 3. The van der Waals surface area contributed by atoms with Crippen LogP contribution in [0.2, 0.25) is 0 Å². The third kappa shape index (κ3) is 4.78. The number of hydrogen-bond donors (Lipinski definition) is 1. The maximum Gasteiger partial charge on any atom is 0.360 e. The van der Waals surface area contributed by atoms with E-state index in [0.717, 1.165) is 18.4 Å². The molecule has 2 aromatic rings. The fraction of sp³-hybridized carbons (Fsp3) is 0.690. The van der Waals surface area contributed by atoms with E-state index in [2.05, 4.69) is 37.6 Å². The number of hydrogen-bond acceptors (Lipinski definition) is 4. The molecule has 6 heteroatoms. The molecule has 0 radical (unpaired) electrons. The highest BCUT2D eigenvalue weighted by atomic mass is 16.4. The second kappa shape index (κ2) is 9.34. The summed E-state index contributed by atoms with van der Waals surface area (Å²) in [7, 11) is 0. The Morgan fingerprint density at radius 2 is 1.54 bits per heavy atom. The molecule has 190 valence electrons. The molecule has 0 amide bonds. The van der Waals surface area contributed by atoms with Crippen molar-refractivity contribution in [2.45, 2.75) is 110 Å². The average Bonchev–Trinajstić information content (AvgIpc) is 2.75. The van der Waals surface area contributed by atoms with Crippen LogP contribution in [0.25, 0.3) is 11.0 Å². The van der Waals surface area contributed by atoms with Crippen molar-refractivity contribution in [3.05, 3.63) is 40.3 Å². The van der Waals surface area contributed by atoms with Gasteiger partial charge in [0.05, 0.1) is 11.0 Å². The van der Waals surface area contributed by atoms with Crippen LogP contribution in [-0.4, -0.2) is 43.7 Å². The van der Waals surface area contributed by atoms with Crippen LogP contribution in [0.1, 0.15) is 102 Å². The van der Waals surface area contributed by atoms with Crippen LogP contribution in [0.3, 0.4) is 0 Å². The quantitative estimate of drug-likeness (QED) is 0.594. The fourth-order valence-electron chi connectivity index (χ4n) is 8.26. The van der Waals surface area contributed by atoms with Crippen molar-refractivity contribution in [3.8, 4) is 0 Å². The summed E-state index contributed by atoms with van der Waals surface area (Å²) in [5, 5.41) is 9.67. The number of rotatable bonds is 3. The SMILES string of the molecule is C[C@@H]1C[C@H](N2[C@@H]3CCC[C@H]2C[C@@H](n2c(=O)c(C(=O)O)nc4ccccc42)C3)C[C@H](C)CC(C)(C)C1. The molecule has 1 aromatic heterocycles. The molecule has 0 unspecified atom stereocenters. The number of aromatic carboxylic acids is 1. The summed E-state index contributed by atoms with van der Waals surface area (Å²) in [4.78, 5) is 32.3. The lowest BCUT2D eigenvalue weighted by molar-refractivity contribution is -0.0380. The zero-order valence-corrected chi connectivity index (χ0v) is 21.7. The van der Waals surface area contributed by atoms with Crippen molar-refractivity contribution in [3.63, 3.8) is 0 Å². The van der Waals surface area contributed by atoms with Crippen LogP contribution >= 0.6 is 0 Å². The topological polar surface area (TPSA) is 75.4 Å². The predicted molar refractivity (Wildman–Crippen MR) is 139 cm³/mol. The molecule has 0 spiro atoms. The molecule has 35 heavy (non-hydrogen) atoms. The molecular formula is C29H41N3O3. The Labute approximate surface area is 208 Å². The van der Waals surface area contributed by atoms with Crippen molar-refractivity contribution in [1.29, 1.82) is 0 Å². The van der Waals surface area contributed by atoms with Crippen LogP contribution in [0, 0.1) is 17.3 Å². The number of aromatic nitrogens is 2. The van der Waals surface area contributed by atoms with Gasteiger partial charge in [-0.05, 0) is 80.8 Å². The molecular weight excluding hydrogens is 438 g/mol. The van der Waals surface area contributed by atoms with Crippen molar-refractivity contribution in [2.24, 2.45) is 17.3 Å². The Hall–Kier alpha value is -2.21. The Kier molecular flexibility index (Phi) is 6.54. The van der Waals surface area contributed by atoms with E-state index in [9.17, 15) is 14.7 Å². The van der Waals surface area contributed by atoms with E-state index in [0.29, 0.717) is 40.9 Å². The van der Waals surface area contributed by atoms with E-state index in [1.807, 2.05) is 24.3 Å². The average molecular weight is 480 g/mol. The van der Waals surface area contributed by atoms with E-state index in [4.69, 9.17) is 0 Å². The Morgan fingerprint density at radius 3 is 2.14 bits per heavy atom. The number of carboxylic acid groups (broad SMARTS) is 1. The smallest absolute Gasteiger partial charge is 0.360 e. The van der Waals surface area contributed by atoms with Crippen LogP contribution in [0.15, 0.2) is 29.1 Å². The van der Waals surface area contributed by atoms with Gasteiger partial charge in [-0.1, -0.05) is 46.2 Å². The zero-order valence-electron chi connectivity index (χ0n) is 21.7. The van der Waals surface area contributed by atoms with E-state index in [1.165, 1.54) is 44.9 Å². The predicted octanol–water partition coefficient (Wildman–Crippen LogP) is 5.89. The molecule has 3 heterocycles. The Balaban J connectivity index is 1.47. The van der Waals surface area contributed by atoms with Gasteiger partial charge in [0.2, 0.25) is 5.69 Å². The normalized spacial score (nSPS) is 33.7. The van der Waals surface area contributed by atoms with Gasteiger partial charge in [0.25, 0.3) is 5.56 Å². The first-order valence-corrected chi connectivity index (χ1v) is 13.6. The van der Waals surface area contributed by atoms with Crippen molar-refractivity contribution in [1.82, 2.24) is 14.5 Å². The first-order chi connectivity index (χ1) is 16.6. The van der Waals surface area contributed by atoms with E-state index in [-0.39, 0.29) is 11.7 Å². The molecule has 3 fully saturated rings. The fourth-order valence-corrected chi connectivity index (χ4v) is 8.26.